The van der Waals surface area contributed by atoms with Gasteiger partial charge in [0.1, 0.15) is 5.78 Å². The van der Waals surface area contributed by atoms with Crippen molar-refractivity contribution in [3.05, 3.63) is 0 Å². The highest BCUT2D eigenvalue weighted by atomic mass is 16.1. The van der Waals surface area contributed by atoms with Crippen LogP contribution in [-0.2, 0) is 4.79 Å². The molecule has 4 fully saturated rings. The fourth-order valence-corrected chi connectivity index (χ4v) is 10.5. The van der Waals surface area contributed by atoms with Crippen LogP contribution in [0.5, 0.6) is 0 Å². The summed E-state index contributed by atoms with van der Waals surface area (Å²) in [4.78, 5) is 12.6. The molecule has 0 radical (unpaired) electrons. The minimum atomic E-state index is 0.235. The van der Waals surface area contributed by atoms with Gasteiger partial charge in [0.25, 0.3) is 0 Å². The number of ketones is 1. The average Bonchev–Trinajstić information content (AvgIpc) is 2.71. The largest absolute Gasteiger partial charge is 0.299 e. The second-order valence-electron chi connectivity index (χ2n) is 15.0. The minimum Gasteiger partial charge on any atom is -0.299 e. The number of hydrogen-bond acceptors (Lipinski definition) is 1. The standard InChI is InChI=1S/C31H54O/c1-10-14-31(9)26-20-27(4,5)16-17-28(26,6)18-19-30(31,8)24-13-15-29(7)22(3)25(32)12-11-23(29)21(24)2/h21-24,26H,10-20H2,1-9H3. The summed E-state index contributed by atoms with van der Waals surface area (Å²) < 4.78 is 0. The van der Waals surface area contributed by atoms with Gasteiger partial charge in [-0.25, -0.2) is 0 Å². The van der Waals surface area contributed by atoms with E-state index in [1.165, 1.54) is 57.8 Å². The van der Waals surface area contributed by atoms with Crippen LogP contribution in [0.2, 0.25) is 0 Å². The van der Waals surface area contributed by atoms with E-state index in [9.17, 15) is 4.79 Å². The van der Waals surface area contributed by atoms with Crippen LogP contribution in [0, 0.1) is 56.7 Å². The van der Waals surface area contributed by atoms with Crippen molar-refractivity contribution >= 4 is 5.78 Å². The number of fused-ring (bicyclic) bond motifs is 2. The molecule has 1 heteroatoms. The first-order valence-electron chi connectivity index (χ1n) is 14.3. The predicted octanol–water partition coefficient (Wildman–Crippen LogP) is 9.09. The molecule has 4 saturated carbocycles. The minimum absolute atomic E-state index is 0.235. The van der Waals surface area contributed by atoms with Gasteiger partial charge < -0.3 is 0 Å². The van der Waals surface area contributed by atoms with Crippen LogP contribution < -0.4 is 0 Å². The fourth-order valence-electron chi connectivity index (χ4n) is 10.5. The fraction of sp³-hybridized carbons (Fsp3) is 0.968. The smallest absolute Gasteiger partial charge is 0.136 e. The van der Waals surface area contributed by atoms with E-state index in [0.29, 0.717) is 27.4 Å². The van der Waals surface area contributed by atoms with Crippen LogP contribution in [0.15, 0.2) is 0 Å². The zero-order chi connectivity index (χ0) is 23.7. The number of Topliss-reactive ketones (excluding diaryl/α,β-unsaturated/α-hetero) is 1. The number of carbonyl (C=O) groups excluding carboxylic acids is 1. The van der Waals surface area contributed by atoms with E-state index in [1.807, 2.05) is 0 Å². The molecule has 0 bridgehead atoms. The van der Waals surface area contributed by atoms with Crippen molar-refractivity contribution in [1.29, 1.82) is 0 Å². The van der Waals surface area contributed by atoms with E-state index in [-0.39, 0.29) is 11.3 Å². The van der Waals surface area contributed by atoms with Gasteiger partial charge in [-0.05, 0) is 109 Å². The second kappa shape index (κ2) is 7.84. The Morgan fingerprint density at radius 2 is 1.50 bits per heavy atom. The summed E-state index contributed by atoms with van der Waals surface area (Å²) in [7, 11) is 0. The van der Waals surface area contributed by atoms with Crippen LogP contribution >= 0.6 is 0 Å². The lowest BCUT2D eigenvalue weighted by molar-refractivity contribution is -0.202. The van der Waals surface area contributed by atoms with Gasteiger partial charge in [-0.2, -0.15) is 0 Å². The zero-order valence-electron chi connectivity index (χ0n) is 23.1. The molecule has 4 rings (SSSR count). The van der Waals surface area contributed by atoms with Gasteiger partial charge >= 0.3 is 0 Å². The maximum Gasteiger partial charge on any atom is 0.136 e. The molecule has 4 aliphatic carbocycles. The van der Waals surface area contributed by atoms with Crippen LogP contribution in [0.1, 0.15) is 133 Å². The van der Waals surface area contributed by atoms with Crippen molar-refractivity contribution in [3.63, 3.8) is 0 Å². The molecule has 9 unspecified atom stereocenters. The number of carbonyl (C=O) groups is 1. The van der Waals surface area contributed by atoms with Crippen molar-refractivity contribution in [1.82, 2.24) is 0 Å². The lowest BCUT2D eigenvalue weighted by Gasteiger charge is -2.69. The molecule has 1 nitrogen and oxygen atoms in total. The Kier molecular flexibility index (Phi) is 6.07. The summed E-state index contributed by atoms with van der Waals surface area (Å²) in [5, 5.41) is 0. The molecule has 0 aliphatic heterocycles. The third-order valence-electron chi connectivity index (χ3n) is 13.1. The van der Waals surface area contributed by atoms with Crippen LogP contribution in [0.25, 0.3) is 0 Å². The molecular weight excluding hydrogens is 388 g/mol. The van der Waals surface area contributed by atoms with Gasteiger partial charge in [-0.3, -0.25) is 4.79 Å². The molecule has 4 aliphatic rings. The first-order chi connectivity index (χ1) is 14.7. The molecule has 0 aromatic carbocycles. The Balaban J connectivity index is 1.71. The van der Waals surface area contributed by atoms with Gasteiger partial charge in [0.15, 0.2) is 0 Å². The normalized spacial score (nSPS) is 53.4. The van der Waals surface area contributed by atoms with Crippen molar-refractivity contribution in [3.8, 4) is 0 Å². The molecule has 184 valence electrons. The number of rotatable bonds is 3. The molecule has 0 amide bonds. The van der Waals surface area contributed by atoms with Gasteiger partial charge in [-0.15, -0.1) is 0 Å². The molecule has 0 saturated heterocycles. The molecule has 9 atom stereocenters. The Bertz CT molecular complexity index is 737. The SMILES string of the molecule is CCCC1(C)C2CC(C)(C)CCC2(C)CCC1(C)C1CCC2(C)C(C)C(=O)CCC2C1C. The van der Waals surface area contributed by atoms with Crippen LogP contribution in [0.4, 0.5) is 0 Å². The first-order valence-corrected chi connectivity index (χ1v) is 14.3. The summed E-state index contributed by atoms with van der Waals surface area (Å²) in [5.41, 5.74) is 2.12. The topological polar surface area (TPSA) is 17.1 Å². The molecule has 0 aromatic rings. The summed E-state index contributed by atoms with van der Waals surface area (Å²) in [6.45, 7) is 23.0. The van der Waals surface area contributed by atoms with Crippen molar-refractivity contribution in [2.24, 2.45) is 56.7 Å². The Morgan fingerprint density at radius 1 is 0.844 bits per heavy atom. The van der Waals surface area contributed by atoms with Crippen LogP contribution in [0.3, 0.4) is 0 Å². The van der Waals surface area contributed by atoms with E-state index in [4.69, 9.17) is 0 Å². The van der Waals surface area contributed by atoms with Gasteiger partial charge in [-0.1, -0.05) is 68.7 Å². The highest BCUT2D eigenvalue weighted by Crippen LogP contribution is 2.72. The zero-order valence-corrected chi connectivity index (χ0v) is 23.1. The molecule has 32 heavy (non-hydrogen) atoms. The molecule has 0 N–H and O–H groups in total. The molecule has 0 spiro atoms. The summed E-state index contributed by atoms with van der Waals surface area (Å²) in [6, 6.07) is 0. The van der Waals surface area contributed by atoms with E-state index in [1.54, 1.807) is 0 Å². The van der Waals surface area contributed by atoms with Crippen molar-refractivity contribution < 1.29 is 4.79 Å². The Morgan fingerprint density at radius 3 is 2.16 bits per heavy atom. The Labute approximate surface area is 200 Å². The summed E-state index contributed by atoms with van der Waals surface area (Å²) in [6.07, 6.45) is 14.4. The second-order valence-corrected chi connectivity index (χ2v) is 15.0. The van der Waals surface area contributed by atoms with E-state index in [0.717, 1.165) is 36.5 Å². The summed E-state index contributed by atoms with van der Waals surface area (Å²) in [5.74, 6) is 3.93. The lowest BCUT2D eigenvalue weighted by Crippen LogP contribution is -2.62. The van der Waals surface area contributed by atoms with Gasteiger partial charge in [0.05, 0.1) is 0 Å². The quantitative estimate of drug-likeness (QED) is 0.426. The van der Waals surface area contributed by atoms with Crippen LogP contribution in [-0.4, -0.2) is 5.78 Å². The number of hydrogen-bond donors (Lipinski definition) is 0. The van der Waals surface area contributed by atoms with E-state index < -0.39 is 0 Å². The van der Waals surface area contributed by atoms with Gasteiger partial charge in [0.2, 0.25) is 0 Å². The average molecular weight is 443 g/mol. The van der Waals surface area contributed by atoms with E-state index >= 15 is 0 Å². The first kappa shape index (κ1) is 24.8. The van der Waals surface area contributed by atoms with E-state index in [2.05, 4.69) is 62.3 Å². The highest BCUT2D eigenvalue weighted by molar-refractivity contribution is 5.82. The molecule has 0 heterocycles. The maximum atomic E-state index is 12.6. The van der Waals surface area contributed by atoms with Crippen molar-refractivity contribution in [2.75, 3.05) is 0 Å². The van der Waals surface area contributed by atoms with Gasteiger partial charge in [0, 0.05) is 12.3 Å². The lowest BCUT2D eigenvalue weighted by atomic mass is 9.35. The third kappa shape index (κ3) is 3.40. The maximum absolute atomic E-state index is 12.6. The predicted molar refractivity (Wildman–Crippen MR) is 136 cm³/mol. The Hall–Kier alpha value is -0.330. The third-order valence-corrected chi connectivity index (χ3v) is 13.1. The highest BCUT2D eigenvalue weighted by Gasteiger charge is 2.65. The summed E-state index contributed by atoms with van der Waals surface area (Å²) >= 11 is 0. The molecular formula is C31H54O. The monoisotopic (exact) mass is 442 g/mol. The molecule has 0 aromatic heterocycles. The van der Waals surface area contributed by atoms with Crippen molar-refractivity contribution in [2.45, 2.75) is 133 Å².